The van der Waals surface area contributed by atoms with E-state index < -0.39 is 0 Å². The summed E-state index contributed by atoms with van der Waals surface area (Å²) >= 11 is 1.96. The topological polar surface area (TPSA) is 52.1 Å². The fourth-order valence-corrected chi connectivity index (χ4v) is 4.68. The number of aliphatic hydroxyl groups excluding tert-OH is 1. The van der Waals surface area contributed by atoms with E-state index in [1.807, 2.05) is 24.5 Å². The Morgan fingerprint density at radius 2 is 2.09 bits per heavy atom. The van der Waals surface area contributed by atoms with Crippen molar-refractivity contribution in [3.8, 4) is 0 Å². The zero-order valence-corrected chi connectivity index (χ0v) is 14.7. The second-order valence-electron chi connectivity index (χ2n) is 6.57. The van der Waals surface area contributed by atoms with Gasteiger partial charge < -0.3 is 10.1 Å². The van der Waals surface area contributed by atoms with Gasteiger partial charge in [-0.25, -0.2) is 4.98 Å². The Morgan fingerprint density at radius 1 is 1.26 bits per heavy atom. The van der Waals surface area contributed by atoms with Gasteiger partial charge in [0.15, 0.2) is 0 Å². The molecule has 126 valence electrons. The molecule has 2 N–H and O–H groups in total. The van der Waals surface area contributed by atoms with Gasteiger partial charge in [-0.1, -0.05) is 19.3 Å². The Balaban J connectivity index is 1.61. The van der Waals surface area contributed by atoms with Gasteiger partial charge in [0.1, 0.15) is 5.82 Å². The molecular formula is C18H27N3OS. The van der Waals surface area contributed by atoms with E-state index in [0.717, 1.165) is 30.5 Å². The van der Waals surface area contributed by atoms with E-state index in [1.165, 1.54) is 37.0 Å². The van der Waals surface area contributed by atoms with E-state index in [0.29, 0.717) is 6.54 Å². The van der Waals surface area contributed by atoms with Crippen molar-refractivity contribution in [1.82, 2.24) is 14.9 Å². The van der Waals surface area contributed by atoms with Crippen LogP contribution in [-0.2, 0) is 13.1 Å². The molecular weight excluding hydrogens is 306 g/mol. The number of nitrogens with one attached hydrogen (secondary N) is 1. The second kappa shape index (κ2) is 8.08. The SMILES string of the molecule is Cc1ncc(CN(CCO)Cc2ccc(C3CCCCC3)s2)[nH]1. The largest absolute Gasteiger partial charge is 0.395 e. The standard InChI is InChI=1S/C18H27N3OS/c1-14-19-11-16(20-14)12-21(9-10-22)13-17-7-8-18(23-17)15-5-3-2-4-6-15/h7-8,11,15,22H,2-6,9-10,12-13H2,1H3,(H,19,20). The molecule has 2 aromatic rings. The molecule has 0 spiro atoms. The Bertz CT molecular complexity index is 601. The van der Waals surface area contributed by atoms with E-state index >= 15 is 0 Å². The van der Waals surface area contributed by atoms with Gasteiger partial charge in [0.25, 0.3) is 0 Å². The van der Waals surface area contributed by atoms with Crippen LogP contribution in [0.4, 0.5) is 0 Å². The fourth-order valence-electron chi connectivity index (χ4n) is 3.45. The first-order valence-electron chi connectivity index (χ1n) is 8.67. The molecule has 0 saturated heterocycles. The van der Waals surface area contributed by atoms with Crippen LogP contribution in [0.25, 0.3) is 0 Å². The molecule has 1 saturated carbocycles. The predicted octanol–water partition coefficient (Wildman–Crippen LogP) is 3.82. The lowest BCUT2D eigenvalue weighted by molar-refractivity contribution is 0.184. The second-order valence-corrected chi connectivity index (χ2v) is 7.77. The van der Waals surface area contributed by atoms with Crippen molar-refractivity contribution >= 4 is 11.3 Å². The molecule has 5 heteroatoms. The summed E-state index contributed by atoms with van der Waals surface area (Å²) in [6.07, 6.45) is 8.77. The molecule has 0 unspecified atom stereocenters. The summed E-state index contributed by atoms with van der Waals surface area (Å²) in [7, 11) is 0. The number of thiophene rings is 1. The fraction of sp³-hybridized carbons (Fsp3) is 0.611. The van der Waals surface area contributed by atoms with Crippen LogP contribution in [0, 0.1) is 6.92 Å². The highest BCUT2D eigenvalue weighted by Gasteiger charge is 2.18. The summed E-state index contributed by atoms with van der Waals surface area (Å²) < 4.78 is 0. The third-order valence-corrected chi connectivity index (χ3v) is 5.87. The average Bonchev–Trinajstić information content (AvgIpc) is 3.18. The predicted molar refractivity (Wildman–Crippen MR) is 94.7 cm³/mol. The van der Waals surface area contributed by atoms with Crippen molar-refractivity contribution in [2.75, 3.05) is 13.2 Å². The van der Waals surface area contributed by atoms with Crippen molar-refractivity contribution < 1.29 is 5.11 Å². The summed E-state index contributed by atoms with van der Waals surface area (Å²) in [6.45, 7) is 4.55. The van der Waals surface area contributed by atoms with Crippen LogP contribution < -0.4 is 0 Å². The van der Waals surface area contributed by atoms with E-state index in [2.05, 4.69) is 27.0 Å². The Kier molecular flexibility index (Phi) is 5.86. The molecule has 0 bridgehead atoms. The summed E-state index contributed by atoms with van der Waals surface area (Å²) in [5.41, 5.74) is 1.11. The van der Waals surface area contributed by atoms with E-state index in [9.17, 15) is 5.11 Å². The molecule has 0 aliphatic heterocycles. The number of imidazole rings is 1. The molecule has 0 radical (unpaired) electrons. The van der Waals surface area contributed by atoms with Crippen molar-refractivity contribution in [3.05, 3.63) is 39.6 Å². The van der Waals surface area contributed by atoms with Crippen LogP contribution in [0.2, 0.25) is 0 Å². The molecule has 1 aliphatic carbocycles. The van der Waals surface area contributed by atoms with Gasteiger partial charge >= 0.3 is 0 Å². The average molecular weight is 334 g/mol. The number of aryl methyl sites for hydroxylation is 1. The number of nitrogens with zero attached hydrogens (tertiary/aromatic N) is 2. The zero-order chi connectivity index (χ0) is 16.1. The highest BCUT2D eigenvalue weighted by molar-refractivity contribution is 7.12. The molecule has 1 aliphatic rings. The van der Waals surface area contributed by atoms with Crippen molar-refractivity contribution in [2.24, 2.45) is 0 Å². The minimum atomic E-state index is 0.188. The van der Waals surface area contributed by atoms with Crippen LogP contribution in [0.5, 0.6) is 0 Å². The smallest absolute Gasteiger partial charge is 0.103 e. The molecule has 0 aromatic carbocycles. The number of rotatable bonds is 7. The van der Waals surface area contributed by atoms with E-state index in [-0.39, 0.29) is 6.61 Å². The van der Waals surface area contributed by atoms with Gasteiger partial charge in [-0.15, -0.1) is 11.3 Å². The van der Waals surface area contributed by atoms with Crippen LogP contribution in [0.15, 0.2) is 18.3 Å². The van der Waals surface area contributed by atoms with Gasteiger partial charge in [0.05, 0.1) is 6.61 Å². The van der Waals surface area contributed by atoms with Gasteiger partial charge in [-0.3, -0.25) is 4.90 Å². The van der Waals surface area contributed by atoms with Crippen LogP contribution in [0.1, 0.15) is 59.3 Å². The number of H-pyrrole nitrogens is 1. The number of aromatic amines is 1. The maximum absolute atomic E-state index is 9.34. The summed E-state index contributed by atoms with van der Waals surface area (Å²) in [5.74, 6) is 1.73. The van der Waals surface area contributed by atoms with Gasteiger partial charge in [0, 0.05) is 41.3 Å². The summed E-state index contributed by atoms with van der Waals surface area (Å²) in [6, 6.07) is 4.60. The van der Waals surface area contributed by atoms with Crippen molar-refractivity contribution in [1.29, 1.82) is 0 Å². The molecule has 0 amide bonds. The third-order valence-electron chi connectivity index (χ3n) is 4.64. The first-order valence-corrected chi connectivity index (χ1v) is 9.48. The molecule has 4 nitrogen and oxygen atoms in total. The highest BCUT2D eigenvalue weighted by atomic mass is 32.1. The zero-order valence-electron chi connectivity index (χ0n) is 13.9. The highest BCUT2D eigenvalue weighted by Crippen LogP contribution is 2.36. The Hall–Kier alpha value is -1.17. The third kappa shape index (κ3) is 4.66. The molecule has 23 heavy (non-hydrogen) atoms. The van der Waals surface area contributed by atoms with Crippen LogP contribution in [-0.4, -0.2) is 33.1 Å². The first kappa shape index (κ1) is 16.7. The lowest BCUT2D eigenvalue weighted by Crippen LogP contribution is -2.25. The van der Waals surface area contributed by atoms with Crippen molar-refractivity contribution in [2.45, 2.75) is 58.0 Å². The van der Waals surface area contributed by atoms with Crippen molar-refractivity contribution in [3.63, 3.8) is 0 Å². The number of aromatic nitrogens is 2. The first-order chi connectivity index (χ1) is 11.2. The molecule has 2 aromatic heterocycles. The quantitative estimate of drug-likeness (QED) is 0.810. The maximum atomic E-state index is 9.34. The molecule has 2 heterocycles. The monoisotopic (exact) mass is 333 g/mol. The van der Waals surface area contributed by atoms with Gasteiger partial charge in [-0.2, -0.15) is 0 Å². The number of hydrogen-bond acceptors (Lipinski definition) is 4. The summed E-state index contributed by atoms with van der Waals surface area (Å²) in [4.78, 5) is 12.8. The molecule has 0 atom stereocenters. The normalized spacial score (nSPS) is 16.3. The molecule has 3 rings (SSSR count). The molecule has 1 fully saturated rings. The Labute approximate surface area is 142 Å². The Morgan fingerprint density at radius 3 is 2.78 bits per heavy atom. The minimum absolute atomic E-state index is 0.188. The maximum Gasteiger partial charge on any atom is 0.103 e. The number of aliphatic hydroxyl groups is 1. The van der Waals surface area contributed by atoms with Gasteiger partial charge in [-0.05, 0) is 37.8 Å². The van der Waals surface area contributed by atoms with E-state index in [1.54, 1.807) is 4.88 Å². The lowest BCUT2D eigenvalue weighted by Gasteiger charge is -2.21. The lowest BCUT2D eigenvalue weighted by atomic mass is 9.88. The summed E-state index contributed by atoms with van der Waals surface area (Å²) in [5, 5.41) is 9.34. The van der Waals surface area contributed by atoms with E-state index in [4.69, 9.17) is 0 Å². The van der Waals surface area contributed by atoms with Crippen LogP contribution in [0.3, 0.4) is 0 Å². The van der Waals surface area contributed by atoms with Gasteiger partial charge in [0.2, 0.25) is 0 Å². The minimum Gasteiger partial charge on any atom is -0.395 e. The number of hydrogen-bond donors (Lipinski definition) is 2. The van der Waals surface area contributed by atoms with Crippen LogP contribution >= 0.6 is 11.3 Å².